The average Bonchev–Trinajstić information content (AvgIpc) is 2.27. The van der Waals surface area contributed by atoms with Crippen LogP contribution in [0.2, 0.25) is 0 Å². The molecule has 0 saturated carbocycles. The lowest BCUT2D eigenvalue weighted by molar-refractivity contribution is -0.0203. The van der Waals surface area contributed by atoms with Crippen LogP contribution < -0.4 is 5.73 Å². The number of carbonyl (C=O) groups excluding carboxylic acids is 1. The van der Waals surface area contributed by atoms with Gasteiger partial charge in [-0.2, -0.15) is 0 Å². The zero-order valence-corrected chi connectivity index (χ0v) is 11.8. The second kappa shape index (κ2) is 6.95. The van der Waals surface area contributed by atoms with Crippen LogP contribution in [0.3, 0.4) is 0 Å². The number of nitrogens with two attached hydrogens (primary N) is 1. The molecule has 1 fully saturated rings. The number of rotatable bonds is 4. The molecule has 1 amide bonds. The zero-order chi connectivity index (χ0) is 13.6. The summed E-state index contributed by atoms with van der Waals surface area (Å²) in [7, 11) is 0. The Kier molecular flexibility index (Phi) is 5.88. The molecule has 1 aliphatic rings. The van der Waals surface area contributed by atoms with Crippen LogP contribution >= 0.6 is 0 Å². The number of ether oxygens (including phenoxy) is 2. The Balaban J connectivity index is 2.36. The molecule has 1 rings (SSSR count). The molecule has 0 spiro atoms. The van der Waals surface area contributed by atoms with E-state index in [0.717, 1.165) is 25.8 Å². The summed E-state index contributed by atoms with van der Waals surface area (Å²) in [6.07, 6.45) is 2.71. The fourth-order valence-corrected chi connectivity index (χ4v) is 1.90. The summed E-state index contributed by atoms with van der Waals surface area (Å²) in [6.45, 7) is 8.33. The van der Waals surface area contributed by atoms with Crippen LogP contribution in [0.15, 0.2) is 0 Å². The molecule has 5 heteroatoms. The summed E-state index contributed by atoms with van der Waals surface area (Å²) < 4.78 is 11.1. The van der Waals surface area contributed by atoms with E-state index >= 15 is 0 Å². The van der Waals surface area contributed by atoms with E-state index in [1.807, 2.05) is 20.8 Å². The lowest BCUT2D eigenvalue weighted by atomic mass is 10.1. The maximum atomic E-state index is 11.9. The van der Waals surface area contributed by atoms with Gasteiger partial charge in [0.2, 0.25) is 0 Å². The van der Waals surface area contributed by atoms with E-state index in [1.54, 1.807) is 4.90 Å². The van der Waals surface area contributed by atoms with Crippen LogP contribution in [0.5, 0.6) is 0 Å². The summed E-state index contributed by atoms with van der Waals surface area (Å²) in [5.74, 6) is 0. The third kappa shape index (κ3) is 5.69. The molecule has 1 aliphatic heterocycles. The van der Waals surface area contributed by atoms with Gasteiger partial charge in [0, 0.05) is 13.2 Å². The molecule has 0 aromatic heterocycles. The van der Waals surface area contributed by atoms with Crippen molar-refractivity contribution in [3.05, 3.63) is 0 Å². The standard InChI is InChI=1S/C13H26N2O3/c1-13(2,3)18-12(16)15-8-4-6-11(10-15)17-9-5-7-14/h11H,4-10,14H2,1-3H3. The van der Waals surface area contributed by atoms with Gasteiger partial charge in [-0.15, -0.1) is 0 Å². The second-order valence-corrected chi connectivity index (χ2v) is 5.70. The van der Waals surface area contributed by atoms with E-state index in [0.29, 0.717) is 19.7 Å². The first kappa shape index (κ1) is 15.2. The van der Waals surface area contributed by atoms with Gasteiger partial charge >= 0.3 is 6.09 Å². The molecule has 1 unspecified atom stereocenters. The molecule has 0 aliphatic carbocycles. The molecule has 5 nitrogen and oxygen atoms in total. The smallest absolute Gasteiger partial charge is 0.410 e. The molecule has 0 aromatic carbocycles. The van der Waals surface area contributed by atoms with Crippen molar-refractivity contribution in [2.24, 2.45) is 5.73 Å². The van der Waals surface area contributed by atoms with Crippen LogP contribution in [0.1, 0.15) is 40.0 Å². The average molecular weight is 258 g/mol. The zero-order valence-electron chi connectivity index (χ0n) is 11.8. The molecule has 1 heterocycles. The number of hydrogen-bond donors (Lipinski definition) is 1. The molecule has 2 N–H and O–H groups in total. The first-order valence-corrected chi connectivity index (χ1v) is 6.72. The molecule has 0 radical (unpaired) electrons. The van der Waals surface area contributed by atoms with Crippen LogP contribution in [0.4, 0.5) is 4.79 Å². The Bertz CT molecular complexity index is 263. The minimum Gasteiger partial charge on any atom is -0.444 e. The van der Waals surface area contributed by atoms with Crippen molar-refractivity contribution in [2.75, 3.05) is 26.2 Å². The van der Waals surface area contributed by atoms with Crippen molar-refractivity contribution >= 4 is 6.09 Å². The van der Waals surface area contributed by atoms with Gasteiger partial charge in [-0.25, -0.2) is 4.79 Å². The van der Waals surface area contributed by atoms with Crippen molar-refractivity contribution in [3.8, 4) is 0 Å². The Labute approximate surface area is 110 Å². The Hall–Kier alpha value is -0.810. The van der Waals surface area contributed by atoms with Crippen LogP contribution in [0.25, 0.3) is 0 Å². The first-order valence-electron chi connectivity index (χ1n) is 6.72. The number of amides is 1. The topological polar surface area (TPSA) is 64.8 Å². The maximum absolute atomic E-state index is 11.9. The Morgan fingerprint density at radius 2 is 2.17 bits per heavy atom. The van der Waals surface area contributed by atoms with Crippen LogP contribution in [-0.4, -0.2) is 48.9 Å². The monoisotopic (exact) mass is 258 g/mol. The largest absolute Gasteiger partial charge is 0.444 e. The molecule has 18 heavy (non-hydrogen) atoms. The van der Waals surface area contributed by atoms with Gasteiger partial charge in [-0.1, -0.05) is 0 Å². The highest BCUT2D eigenvalue weighted by atomic mass is 16.6. The lowest BCUT2D eigenvalue weighted by Gasteiger charge is -2.34. The SMILES string of the molecule is CC(C)(C)OC(=O)N1CCCC(OCCCN)C1. The van der Waals surface area contributed by atoms with Gasteiger partial charge in [-0.3, -0.25) is 0 Å². The lowest BCUT2D eigenvalue weighted by Crippen LogP contribution is -2.45. The number of hydrogen-bond acceptors (Lipinski definition) is 4. The summed E-state index contributed by atoms with van der Waals surface area (Å²) in [4.78, 5) is 13.7. The summed E-state index contributed by atoms with van der Waals surface area (Å²) in [6, 6.07) is 0. The van der Waals surface area contributed by atoms with Gasteiger partial charge in [0.1, 0.15) is 5.60 Å². The minimum atomic E-state index is -0.440. The molecular formula is C13H26N2O3. The highest BCUT2D eigenvalue weighted by Gasteiger charge is 2.27. The Morgan fingerprint density at radius 1 is 1.44 bits per heavy atom. The summed E-state index contributed by atoms with van der Waals surface area (Å²) in [5.41, 5.74) is 4.98. The van der Waals surface area contributed by atoms with E-state index in [-0.39, 0.29) is 12.2 Å². The first-order chi connectivity index (χ1) is 8.42. The van der Waals surface area contributed by atoms with Gasteiger partial charge in [0.05, 0.1) is 12.6 Å². The van der Waals surface area contributed by atoms with Gasteiger partial charge in [-0.05, 0) is 46.6 Å². The van der Waals surface area contributed by atoms with Gasteiger partial charge < -0.3 is 20.1 Å². The fourth-order valence-electron chi connectivity index (χ4n) is 1.90. The van der Waals surface area contributed by atoms with Gasteiger partial charge in [0.15, 0.2) is 0 Å². The van der Waals surface area contributed by atoms with Crippen molar-refractivity contribution in [3.63, 3.8) is 0 Å². The summed E-state index contributed by atoms with van der Waals surface area (Å²) in [5, 5.41) is 0. The van der Waals surface area contributed by atoms with Crippen molar-refractivity contribution in [1.29, 1.82) is 0 Å². The van der Waals surface area contributed by atoms with E-state index < -0.39 is 5.60 Å². The van der Waals surface area contributed by atoms with Crippen LogP contribution in [-0.2, 0) is 9.47 Å². The van der Waals surface area contributed by atoms with E-state index in [9.17, 15) is 4.79 Å². The second-order valence-electron chi connectivity index (χ2n) is 5.70. The molecule has 106 valence electrons. The number of piperidine rings is 1. The third-order valence-electron chi connectivity index (χ3n) is 2.73. The summed E-state index contributed by atoms with van der Waals surface area (Å²) >= 11 is 0. The highest BCUT2D eigenvalue weighted by Crippen LogP contribution is 2.17. The highest BCUT2D eigenvalue weighted by molar-refractivity contribution is 5.68. The van der Waals surface area contributed by atoms with E-state index in [4.69, 9.17) is 15.2 Å². The third-order valence-corrected chi connectivity index (χ3v) is 2.73. The maximum Gasteiger partial charge on any atom is 0.410 e. The van der Waals surface area contributed by atoms with E-state index in [2.05, 4.69) is 0 Å². The predicted molar refractivity (Wildman–Crippen MR) is 70.5 cm³/mol. The van der Waals surface area contributed by atoms with Gasteiger partial charge in [0.25, 0.3) is 0 Å². The molecule has 0 aromatic rings. The molecule has 0 bridgehead atoms. The minimum absolute atomic E-state index is 0.123. The number of carbonyl (C=O) groups is 1. The van der Waals surface area contributed by atoms with Crippen molar-refractivity contribution in [1.82, 2.24) is 4.90 Å². The molecule has 1 atom stereocenters. The normalized spacial score (nSPS) is 20.9. The number of likely N-dealkylation sites (tertiary alicyclic amines) is 1. The molecular weight excluding hydrogens is 232 g/mol. The molecule has 1 saturated heterocycles. The predicted octanol–water partition coefficient (Wildman–Crippen LogP) is 1.75. The van der Waals surface area contributed by atoms with Crippen molar-refractivity contribution in [2.45, 2.75) is 51.7 Å². The quantitative estimate of drug-likeness (QED) is 0.780. The van der Waals surface area contributed by atoms with Crippen LogP contribution in [0, 0.1) is 0 Å². The fraction of sp³-hybridized carbons (Fsp3) is 0.923. The van der Waals surface area contributed by atoms with E-state index in [1.165, 1.54) is 0 Å². The number of nitrogens with zero attached hydrogens (tertiary/aromatic N) is 1. The Morgan fingerprint density at radius 3 is 2.78 bits per heavy atom. The van der Waals surface area contributed by atoms with Crippen molar-refractivity contribution < 1.29 is 14.3 Å².